The molecule has 0 spiro atoms. The molecule has 0 aromatic heterocycles. The molecule has 1 rings (SSSR count). The molecule has 1 fully saturated rings. The molecule has 1 aliphatic heterocycles. The number of nitrogens with zero attached hydrogens (tertiary/aromatic N) is 2. The molecule has 1 N–H and O–H groups in total. The smallest absolute Gasteiger partial charge is 0.0589 e. The van der Waals surface area contributed by atoms with Gasteiger partial charge in [-0.25, -0.2) is 0 Å². The van der Waals surface area contributed by atoms with E-state index < -0.39 is 0 Å². The highest BCUT2D eigenvalue weighted by Gasteiger charge is 2.25. The first-order valence-corrected chi connectivity index (χ1v) is 6.24. The molecule has 1 aliphatic rings. The Kier molecular flexibility index (Phi) is 6.28. The van der Waals surface area contributed by atoms with Crippen molar-refractivity contribution in [1.29, 1.82) is 0 Å². The van der Waals surface area contributed by atoms with Gasteiger partial charge in [0.15, 0.2) is 0 Å². The molecule has 4 nitrogen and oxygen atoms in total. The quantitative estimate of drug-likeness (QED) is 0.677. The van der Waals surface area contributed by atoms with Crippen LogP contribution in [0.2, 0.25) is 0 Å². The lowest BCUT2D eigenvalue weighted by molar-refractivity contribution is 0.161. The predicted molar refractivity (Wildman–Crippen MR) is 67.9 cm³/mol. The van der Waals surface area contributed by atoms with Gasteiger partial charge in [-0.3, -0.25) is 0 Å². The van der Waals surface area contributed by atoms with Crippen molar-refractivity contribution in [3.8, 4) is 0 Å². The predicted octanol–water partition coefficient (Wildman–Crippen LogP) is 0.247. The van der Waals surface area contributed by atoms with E-state index in [0.29, 0.717) is 6.04 Å². The minimum atomic E-state index is 0.677. The van der Waals surface area contributed by atoms with Gasteiger partial charge >= 0.3 is 0 Å². The third-order valence-electron chi connectivity index (χ3n) is 3.49. The fourth-order valence-corrected chi connectivity index (χ4v) is 2.16. The molecular formula is C12H27N3O. The van der Waals surface area contributed by atoms with E-state index in [0.717, 1.165) is 32.3 Å². The summed E-state index contributed by atoms with van der Waals surface area (Å²) in [5.74, 6) is 0. The van der Waals surface area contributed by atoms with Gasteiger partial charge in [0.25, 0.3) is 0 Å². The maximum atomic E-state index is 5.05. The van der Waals surface area contributed by atoms with Crippen LogP contribution in [-0.4, -0.2) is 75.9 Å². The van der Waals surface area contributed by atoms with Crippen LogP contribution >= 0.6 is 0 Å². The number of likely N-dealkylation sites (N-methyl/N-ethyl adjacent to an activating group) is 2. The van der Waals surface area contributed by atoms with Crippen molar-refractivity contribution in [3.63, 3.8) is 0 Å². The van der Waals surface area contributed by atoms with Crippen LogP contribution in [0.5, 0.6) is 0 Å². The summed E-state index contributed by atoms with van der Waals surface area (Å²) in [7, 11) is 6.10. The van der Waals surface area contributed by atoms with E-state index in [4.69, 9.17) is 4.74 Å². The summed E-state index contributed by atoms with van der Waals surface area (Å²) in [6, 6.07) is 1.40. The maximum Gasteiger partial charge on any atom is 0.0589 e. The first-order chi connectivity index (χ1) is 7.63. The average Bonchev–Trinajstić information content (AvgIpc) is 2.55. The summed E-state index contributed by atoms with van der Waals surface area (Å²) in [5, 5.41) is 3.63. The number of likely N-dealkylation sites (tertiary alicyclic amines) is 1. The minimum absolute atomic E-state index is 0.677. The summed E-state index contributed by atoms with van der Waals surface area (Å²) in [6.45, 7) is 7.48. The van der Waals surface area contributed by atoms with Crippen LogP contribution in [0.3, 0.4) is 0 Å². The molecule has 2 atom stereocenters. The highest BCUT2D eigenvalue weighted by atomic mass is 16.5. The Morgan fingerprint density at radius 3 is 2.75 bits per heavy atom. The Balaban J connectivity index is 2.03. The topological polar surface area (TPSA) is 27.7 Å². The molecule has 16 heavy (non-hydrogen) atoms. The monoisotopic (exact) mass is 229 g/mol. The number of ether oxygens (including phenoxy) is 1. The zero-order valence-corrected chi connectivity index (χ0v) is 11.2. The fraction of sp³-hybridized carbons (Fsp3) is 1.00. The summed E-state index contributed by atoms with van der Waals surface area (Å²) < 4.78 is 5.05. The second-order valence-corrected chi connectivity index (χ2v) is 4.97. The van der Waals surface area contributed by atoms with Gasteiger partial charge in [-0.15, -0.1) is 0 Å². The van der Waals surface area contributed by atoms with E-state index in [2.05, 4.69) is 36.1 Å². The number of nitrogens with one attached hydrogen (secondary N) is 1. The fourth-order valence-electron chi connectivity index (χ4n) is 2.16. The van der Waals surface area contributed by atoms with E-state index in [9.17, 15) is 0 Å². The van der Waals surface area contributed by atoms with Gasteiger partial charge in [-0.05, 0) is 27.4 Å². The Bertz CT molecular complexity index is 179. The van der Waals surface area contributed by atoms with Crippen LogP contribution < -0.4 is 5.32 Å². The Morgan fingerprint density at radius 2 is 2.19 bits per heavy atom. The van der Waals surface area contributed by atoms with Crippen molar-refractivity contribution in [1.82, 2.24) is 15.1 Å². The second-order valence-electron chi connectivity index (χ2n) is 4.97. The van der Waals surface area contributed by atoms with Crippen molar-refractivity contribution < 1.29 is 4.74 Å². The van der Waals surface area contributed by atoms with Gasteiger partial charge in [0.05, 0.1) is 6.61 Å². The molecule has 96 valence electrons. The van der Waals surface area contributed by atoms with Crippen LogP contribution in [-0.2, 0) is 4.74 Å². The molecule has 0 bridgehead atoms. The molecule has 4 heteroatoms. The van der Waals surface area contributed by atoms with Crippen LogP contribution in [0.15, 0.2) is 0 Å². The lowest BCUT2D eigenvalue weighted by Gasteiger charge is -2.18. The lowest BCUT2D eigenvalue weighted by atomic mass is 10.2. The van der Waals surface area contributed by atoms with Gasteiger partial charge in [0.1, 0.15) is 0 Å². The first kappa shape index (κ1) is 13.9. The number of rotatable bonds is 7. The standard InChI is InChI=1S/C12H27N3O/c1-11-9-12(10-15(11)3)13-5-6-14(2)7-8-16-4/h11-13H,5-10H2,1-4H3. The Labute approximate surface area is 99.9 Å². The van der Waals surface area contributed by atoms with Gasteiger partial charge < -0.3 is 19.9 Å². The molecule has 0 aliphatic carbocycles. The Morgan fingerprint density at radius 1 is 1.44 bits per heavy atom. The minimum Gasteiger partial charge on any atom is -0.383 e. The second kappa shape index (κ2) is 7.22. The first-order valence-electron chi connectivity index (χ1n) is 6.24. The third-order valence-corrected chi connectivity index (χ3v) is 3.49. The van der Waals surface area contributed by atoms with Gasteiger partial charge in [0.2, 0.25) is 0 Å². The van der Waals surface area contributed by atoms with Crippen LogP contribution in [0, 0.1) is 0 Å². The van der Waals surface area contributed by atoms with Crippen molar-refractivity contribution >= 4 is 0 Å². The third kappa shape index (κ3) is 4.78. The molecule has 0 saturated carbocycles. The SMILES string of the molecule is COCCN(C)CCNC1CC(C)N(C)C1. The van der Waals surface area contributed by atoms with Crippen LogP contribution in [0.1, 0.15) is 13.3 Å². The lowest BCUT2D eigenvalue weighted by Crippen LogP contribution is -2.37. The summed E-state index contributed by atoms with van der Waals surface area (Å²) in [5.41, 5.74) is 0. The normalized spacial score (nSPS) is 26.8. The number of hydrogen-bond donors (Lipinski definition) is 1. The van der Waals surface area contributed by atoms with Gasteiger partial charge in [-0.1, -0.05) is 0 Å². The van der Waals surface area contributed by atoms with E-state index >= 15 is 0 Å². The molecule has 2 unspecified atom stereocenters. The zero-order valence-electron chi connectivity index (χ0n) is 11.2. The molecule has 1 saturated heterocycles. The highest BCUT2D eigenvalue weighted by molar-refractivity contribution is 4.84. The van der Waals surface area contributed by atoms with E-state index in [1.807, 2.05) is 0 Å². The van der Waals surface area contributed by atoms with E-state index in [1.165, 1.54) is 13.0 Å². The summed E-state index contributed by atoms with van der Waals surface area (Å²) in [6.07, 6.45) is 1.28. The Hall–Kier alpha value is -0.160. The van der Waals surface area contributed by atoms with Crippen molar-refractivity contribution in [2.45, 2.75) is 25.4 Å². The summed E-state index contributed by atoms with van der Waals surface area (Å²) >= 11 is 0. The van der Waals surface area contributed by atoms with Crippen LogP contribution in [0.25, 0.3) is 0 Å². The molecule has 0 aromatic carbocycles. The number of hydrogen-bond acceptors (Lipinski definition) is 4. The molecule has 1 heterocycles. The largest absolute Gasteiger partial charge is 0.383 e. The average molecular weight is 229 g/mol. The maximum absolute atomic E-state index is 5.05. The highest BCUT2D eigenvalue weighted by Crippen LogP contribution is 2.14. The molecule has 0 radical (unpaired) electrons. The molecular weight excluding hydrogens is 202 g/mol. The van der Waals surface area contributed by atoms with Crippen molar-refractivity contribution in [3.05, 3.63) is 0 Å². The van der Waals surface area contributed by atoms with E-state index in [-0.39, 0.29) is 0 Å². The number of methoxy groups -OCH3 is 1. The van der Waals surface area contributed by atoms with Crippen molar-refractivity contribution in [2.24, 2.45) is 0 Å². The van der Waals surface area contributed by atoms with E-state index in [1.54, 1.807) is 7.11 Å². The van der Waals surface area contributed by atoms with Gasteiger partial charge in [-0.2, -0.15) is 0 Å². The summed E-state index contributed by atoms with van der Waals surface area (Å²) in [4.78, 5) is 4.73. The van der Waals surface area contributed by atoms with Gasteiger partial charge in [0, 0.05) is 45.4 Å². The van der Waals surface area contributed by atoms with Crippen molar-refractivity contribution in [2.75, 3.05) is 54.0 Å². The van der Waals surface area contributed by atoms with Crippen LogP contribution in [0.4, 0.5) is 0 Å². The molecule has 0 amide bonds. The molecule has 0 aromatic rings. The zero-order chi connectivity index (χ0) is 12.0.